The van der Waals surface area contributed by atoms with Gasteiger partial charge in [0.25, 0.3) is 5.91 Å². The minimum Gasteiger partial charge on any atom is -0.452 e. The molecule has 2 aromatic carbocycles. The summed E-state index contributed by atoms with van der Waals surface area (Å²) in [6, 6.07) is 14.5. The maximum atomic E-state index is 12.3. The van der Waals surface area contributed by atoms with Crippen LogP contribution in [0.3, 0.4) is 0 Å². The van der Waals surface area contributed by atoms with Crippen LogP contribution in [0.5, 0.6) is 0 Å². The number of ether oxygens (including phenoxy) is 1. The summed E-state index contributed by atoms with van der Waals surface area (Å²) in [4.78, 5) is 42.0. The highest BCUT2D eigenvalue weighted by Gasteiger charge is 2.23. The van der Waals surface area contributed by atoms with Crippen LogP contribution < -0.4 is 11.0 Å². The van der Waals surface area contributed by atoms with Crippen molar-refractivity contribution >= 4 is 40.4 Å². The molecule has 1 amide bonds. The number of esters is 1. The minimum atomic E-state index is -0.947. The van der Waals surface area contributed by atoms with Crippen LogP contribution in [0.15, 0.2) is 58.2 Å². The number of fused-ring (bicyclic) bond motifs is 1. The number of carbonyl (C=O) groups is 2. The van der Waals surface area contributed by atoms with Crippen molar-refractivity contribution in [2.45, 2.75) is 30.1 Å². The third-order valence-electron chi connectivity index (χ3n) is 3.83. The largest absolute Gasteiger partial charge is 0.452 e. The number of anilines is 1. The van der Waals surface area contributed by atoms with Gasteiger partial charge in [-0.1, -0.05) is 18.2 Å². The van der Waals surface area contributed by atoms with Gasteiger partial charge in [0.1, 0.15) is 5.25 Å². The number of rotatable bonds is 6. The molecular weight excluding hydrogens is 366 g/mol. The molecule has 3 rings (SSSR count). The number of hydrogen-bond acceptors (Lipinski definition) is 5. The molecule has 0 unspecified atom stereocenters. The van der Waals surface area contributed by atoms with E-state index in [0.717, 1.165) is 4.90 Å². The first-order valence-electron chi connectivity index (χ1n) is 8.37. The number of benzene rings is 2. The highest BCUT2D eigenvalue weighted by molar-refractivity contribution is 8.00. The number of aromatic nitrogens is 2. The average molecular weight is 385 g/mol. The van der Waals surface area contributed by atoms with Crippen molar-refractivity contribution in [3.05, 3.63) is 59.0 Å². The first-order valence-corrected chi connectivity index (χ1v) is 9.25. The lowest BCUT2D eigenvalue weighted by Gasteiger charge is -2.16. The summed E-state index contributed by atoms with van der Waals surface area (Å²) in [5.74, 6) is -0.908. The molecule has 2 atom stereocenters. The fraction of sp³-hybridized carbons (Fsp3) is 0.211. The number of aromatic amines is 2. The van der Waals surface area contributed by atoms with E-state index in [1.807, 2.05) is 30.3 Å². The van der Waals surface area contributed by atoms with E-state index < -0.39 is 23.2 Å². The van der Waals surface area contributed by atoms with Crippen molar-refractivity contribution < 1.29 is 14.3 Å². The Morgan fingerprint density at radius 1 is 1.04 bits per heavy atom. The van der Waals surface area contributed by atoms with Crippen LogP contribution in [-0.2, 0) is 14.3 Å². The summed E-state index contributed by atoms with van der Waals surface area (Å²) in [5.41, 5.74) is 1.40. The van der Waals surface area contributed by atoms with E-state index >= 15 is 0 Å². The van der Waals surface area contributed by atoms with Crippen LogP contribution in [0.4, 0.5) is 5.69 Å². The molecule has 0 saturated carbocycles. The standard InChI is InChI=1S/C19H19N3O4S/c1-11(26-18(24)12(2)27-14-6-4-3-5-7-14)17(23)20-13-8-9-15-16(10-13)22-19(25)21-15/h3-12H,1-2H3,(H,20,23)(H2,21,22,25)/t11-,12-/m1/s1. The highest BCUT2D eigenvalue weighted by atomic mass is 32.2. The van der Waals surface area contributed by atoms with Gasteiger partial charge in [0, 0.05) is 10.6 Å². The van der Waals surface area contributed by atoms with E-state index in [2.05, 4.69) is 15.3 Å². The Morgan fingerprint density at radius 3 is 2.48 bits per heavy atom. The molecule has 1 heterocycles. The van der Waals surface area contributed by atoms with E-state index in [-0.39, 0.29) is 5.69 Å². The first kappa shape index (κ1) is 18.8. The normalized spacial score (nSPS) is 13.1. The molecule has 0 bridgehead atoms. The van der Waals surface area contributed by atoms with E-state index in [9.17, 15) is 14.4 Å². The Kier molecular flexibility index (Phi) is 5.66. The molecule has 8 heteroatoms. The lowest BCUT2D eigenvalue weighted by molar-refractivity contribution is -0.152. The second kappa shape index (κ2) is 8.13. The smallest absolute Gasteiger partial charge is 0.323 e. The van der Waals surface area contributed by atoms with Gasteiger partial charge < -0.3 is 20.0 Å². The van der Waals surface area contributed by atoms with E-state index in [4.69, 9.17) is 4.74 Å². The lowest BCUT2D eigenvalue weighted by atomic mass is 10.2. The number of thioether (sulfide) groups is 1. The minimum absolute atomic E-state index is 0.319. The molecule has 3 aromatic rings. The molecule has 27 heavy (non-hydrogen) atoms. The zero-order chi connectivity index (χ0) is 19.4. The van der Waals surface area contributed by atoms with Crippen LogP contribution in [0.25, 0.3) is 11.0 Å². The zero-order valence-electron chi connectivity index (χ0n) is 14.8. The van der Waals surface area contributed by atoms with Crippen molar-refractivity contribution in [3.63, 3.8) is 0 Å². The lowest BCUT2D eigenvalue weighted by Crippen LogP contribution is -2.32. The van der Waals surface area contributed by atoms with Crippen molar-refractivity contribution in [2.24, 2.45) is 0 Å². The molecule has 140 valence electrons. The molecule has 0 aliphatic carbocycles. The summed E-state index contributed by atoms with van der Waals surface area (Å²) in [5, 5.41) is 2.24. The van der Waals surface area contributed by atoms with Crippen LogP contribution in [0, 0.1) is 0 Å². The SMILES string of the molecule is C[C@@H](OC(=O)[C@@H](C)Sc1ccccc1)C(=O)Nc1ccc2[nH]c(=O)[nH]c2c1. The van der Waals surface area contributed by atoms with Gasteiger partial charge >= 0.3 is 11.7 Å². The van der Waals surface area contributed by atoms with Gasteiger partial charge in [0.15, 0.2) is 6.10 Å². The topological polar surface area (TPSA) is 104 Å². The maximum absolute atomic E-state index is 12.3. The fourth-order valence-corrected chi connectivity index (χ4v) is 3.30. The van der Waals surface area contributed by atoms with Gasteiger partial charge in [-0.15, -0.1) is 11.8 Å². The number of carbonyl (C=O) groups excluding carboxylic acids is 2. The predicted octanol–water partition coefficient (Wildman–Crippen LogP) is 2.91. The van der Waals surface area contributed by atoms with Gasteiger partial charge in [-0.3, -0.25) is 9.59 Å². The average Bonchev–Trinajstić information content (AvgIpc) is 3.01. The quantitative estimate of drug-likeness (QED) is 0.447. The van der Waals surface area contributed by atoms with Crippen LogP contribution >= 0.6 is 11.8 Å². The molecular formula is C19H19N3O4S. The monoisotopic (exact) mass is 385 g/mol. The van der Waals surface area contributed by atoms with Gasteiger partial charge in [0.05, 0.1) is 11.0 Å². The predicted molar refractivity (Wildman–Crippen MR) is 105 cm³/mol. The summed E-state index contributed by atoms with van der Waals surface area (Å²) in [6.07, 6.45) is -0.947. The van der Waals surface area contributed by atoms with E-state index in [0.29, 0.717) is 16.7 Å². The van der Waals surface area contributed by atoms with Crippen molar-refractivity contribution in [3.8, 4) is 0 Å². The second-order valence-corrected chi connectivity index (χ2v) is 7.40. The highest BCUT2D eigenvalue weighted by Crippen LogP contribution is 2.24. The molecule has 0 saturated heterocycles. The zero-order valence-corrected chi connectivity index (χ0v) is 15.6. The molecule has 3 N–H and O–H groups in total. The molecule has 0 aliphatic heterocycles. The Morgan fingerprint density at radius 2 is 1.74 bits per heavy atom. The second-order valence-electron chi connectivity index (χ2n) is 5.98. The molecule has 7 nitrogen and oxygen atoms in total. The Balaban J connectivity index is 1.57. The Bertz CT molecular complexity index is 1010. The van der Waals surface area contributed by atoms with E-state index in [1.54, 1.807) is 25.1 Å². The van der Waals surface area contributed by atoms with Gasteiger partial charge in [-0.25, -0.2) is 4.79 Å². The fourth-order valence-electron chi connectivity index (χ4n) is 2.43. The summed E-state index contributed by atoms with van der Waals surface area (Å²) in [7, 11) is 0. The number of nitrogens with one attached hydrogen (secondary N) is 3. The summed E-state index contributed by atoms with van der Waals surface area (Å²) < 4.78 is 5.27. The molecule has 0 radical (unpaired) electrons. The van der Waals surface area contributed by atoms with Crippen molar-refractivity contribution in [2.75, 3.05) is 5.32 Å². The molecule has 0 aliphatic rings. The van der Waals surface area contributed by atoms with Gasteiger partial charge in [-0.2, -0.15) is 0 Å². The number of imidazole rings is 1. The van der Waals surface area contributed by atoms with E-state index in [1.165, 1.54) is 18.7 Å². The van der Waals surface area contributed by atoms with Crippen LogP contribution in [0.1, 0.15) is 13.8 Å². The third kappa shape index (κ3) is 4.79. The van der Waals surface area contributed by atoms with Gasteiger partial charge in [0.2, 0.25) is 0 Å². The van der Waals surface area contributed by atoms with Crippen molar-refractivity contribution in [1.82, 2.24) is 9.97 Å². The van der Waals surface area contributed by atoms with Crippen LogP contribution in [-0.4, -0.2) is 33.2 Å². The van der Waals surface area contributed by atoms with Crippen molar-refractivity contribution in [1.29, 1.82) is 0 Å². The molecule has 0 fully saturated rings. The van der Waals surface area contributed by atoms with Crippen LogP contribution in [0.2, 0.25) is 0 Å². The first-order chi connectivity index (χ1) is 12.9. The Labute approximate surface area is 159 Å². The Hall–Kier alpha value is -3.00. The number of H-pyrrole nitrogens is 2. The third-order valence-corrected chi connectivity index (χ3v) is 4.92. The number of hydrogen-bond donors (Lipinski definition) is 3. The molecule has 1 aromatic heterocycles. The maximum Gasteiger partial charge on any atom is 0.323 e. The molecule has 0 spiro atoms. The number of amides is 1. The summed E-state index contributed by atoms with van der Waals surface area (Å²) in [6.45, 7) is 3.25. The summed E-state index contributed by atoms with van der Waals surface area (Å²) >= 11 is 1.37. The van der Waals surface area contributed by atoms with Gasteiger partial charge in [-0.05, 0) is 44.2 Å².